The van der Waals surface area contributed by atoms with Crippen molar-refractivity contribution < 1.29 is 9.90 Å². The Labute approximate surface area is 142 Å². The first kappa shape index (κ1) is 16.7. The van der Waals surface area contributed by atoms with E-state index in [0.29, 0.717) is 6.54 Å². The zero-order valence-corrected chi connectivity index (χ0v) is 14.2. The molecule has 1 N–H and O–H groups in total. The Hall–Kier alpha value is -2.14. The average molecular weight is 327 g/mol. The molecule has 1 aromatic carbocycles. The molecule has 1 aromatic heterocycles. The maximum atomic E-state index is 12.4. The van der Waals surface area contributed by atoms with Crippen molar-refractivity contribution in [3.05, 3.63) is 54.1 Å². The predicted octanol–water partition coefficient (Wildman–Crippen LogP) is 2.59. The molecule has 0 saturated heterocycles. The topological polar surface area (TPSA) is 58.4 Å². The van der Waals surface area contributed by atoms with Crippen molar-refractivity contribution in [3.63, 3.8) is 0 Å². The lowest BCUT2D eigenvalue weighted by molar-refractivity contribution is -0.135. The average Bonchev–Trinajstić information content (AvgIpc) is 3.18. The SMILES string of the molecule is CN(Cc1nccn1Cc1ccccc1)C(=O)CC1(O)CCCC1. The number of imidazole rings is 1. The summed E-state index contributed by atoms with van der Waals surface area (Å²) in [6, 6.07) is 10.2. The van der Waals surface area contributed by atoms with Crippen molar-refractivity contribution in [2.75, 3.05) is 7.05 Å². The summed E-state index contributed by atoms with van der Waals surface area (Å²) in [6.07, 6.45) is 7.39. The van der Waals surface area contributed by atoms with E-state index in [4.69, 9.17) is 0 Å². The molecule has 2 aromatic rings. The molecule has 1 heterocycles. The van der Waals surface area contributed by atoms with Crippen LogP contribution in [0.2, 0.25) is 0 Å². The van der Waals surface area contributed by atoms with Gasteiger partial charge in [-0.05, 0) is 18.4 Å². The van der Waals surface area contributed by atoms with Crippen LogP contribution in [0.4, 0.5) is 0 Å². The third kappa shape index (κ3) is 4.03. The minimum absolute atomic E-state index is 0.0198. The number of rotatable bonds is 6. The minimum Gasteiger partial charge on any atom is -0.389 e. The number of hydrogen-bond acceptors (Lipinski definition) is 3. The van der Waals surface area contributed by atoms with Gasteiger partial charge in [0.15, 0.2) is 0 Å². The number of carbonyl (C=O) groups excluding carboxylic acids is 1. The summed E-state index contributed by atoms with van der Waals surface area (Å²) in [5, 5.41) is 10.4. The highest BCUT2D eigenvalue weighted by Gasteiger charge is 2.34. The number of aliphatic hydroxyl groups is 1. The molecular formula is C19H25N3O2. The molecule has 1 fully saturated rings. The van der Waals surface area contributed by atoms with Crippen LogP contribution in [0.15, 0.2) is 42.7 Å². The lowest BCUT2D eigenvalue weighted by Gasteiger charge is -2.25. The quantitative estimate of drug-likeness (QED) is 0.887. The molecular weight excluding hydrogens is 302 g/mol. The minimum atomic E-state index is -0.801. The fourth-order valence-corrected chi connectivity index (χ4v) is 3.34. The molecule has 1 amide bonds. The molecule has 1 aliphatic carbocycles. The van der Waals surface area contributed by atoms with Gasteiger partial charge in [-0.2, -0.15) is 0 Å². The maximum Gasteiger partial charge on any atom is 0.225 e. The van der Waals surface area contributed by atoms with Gasteiger partial charge in [-0.15, -0.1) is 0 Å². The van der Waals surface area contributed by atoms with Crippen molar-refractivity contribution in [1.82, 2.24) is 14.5 Å². The van der Waals surface area contributed by atoms with Gasteiger partial charge in [-0.1, -0.05) is 43.2 Å². The van der Waals surface area contributed by atoms with E-state index in [0.717, 1.165) is 38.1 Å². The number of benzene rings is 1. The van der Waals surface area contributed by atoms with Crippen LogP contribution in [-0.2, 0) is 17.9 Å². The van der Waals surface area contributed by atoms with Crippen molar-refractivity contribution >= 4 is 5.91 Å². The smallest absolute Gasteiger partial charge is 0.225 e. The van der Waals surface area contributed by atoms with Gasteiger partial charge in [0, 0.05) is 26.0 Å². The molecule has 0 aliphatic heterocycles. The van der Waals surface area contributed by atoms with Gasteiger partial charge < -0.3 is 14.6 Å². The van der Waals surface area contributed by atoms with Crippen molar-refractivity contribution in [3.8, 4) is 0 Å². The van der Waals surface area contributed by atoms with Gasteiger partial charge in [0.1, 0.15) is 5.82 Å². The maximum absolute atomic E-state index is 12.4. The van der Waals surface area contributed by atoms with E-state index in [2.05, 4.69) is 21.7 Å². The van der Waals surface area contributed by atoms with Gasteiger partial charge in [0.05, 0.1) is 18.6 Å². The molecule has 0 unspecified atom stereocenters. The summed E-state index contributed by atoms with van der Waals surface area (Å²) in [5.74, 6) is 0.835. The Morgan fingerprint density at radius 2 is 2.00 bits per heavy atom. The summed E-state index contributed by atoms with van der Waals surface area (Å²) in [4.78, 5) is 18.5. The summed E-state index contributed by atoms with van der Waals surface area (Å²) in [6.45, 7) is 1.19. The molecule has 1 aliphatic rings. The van der Waals surface area contributed by atoms with Crippen molar-refractivity contribution in [1.29, 1.82) is 0 Å². The van der Waals surface area contributed by atoms with Crippen LogP contribution in [0, 0.1) is 0 Å². The molecule has 1 saturated carbocycles. The van der Waals surface area contributed by atoms with E-state index in [1.165, 1.54) is 5.56 Å². The van der Waals surface area contributed by atoms with Crippen molar-refractivity contribution in [2.24, 2.45) is 0 Å². The van der Waals surface area contributed by atoms with Gasteiger partial charge in [-0.3, -0.25) is 4.79 Å². The monoisotopic (exact) mass is 327 g/mol. The first-order valence-corrected chi connectivity index (χ1v) is 8.56. The largest absolute Gasteiger partial charge is 0.389 e. The third-order valence-electron chi connectivity index (χ3n) is 4.82. The van der Waals surface area contributed by atoms with Crippen LogP contribution >= 0.6 is 0 Å². The lowest BCUT2D eigenvalue weighted by Crippen LogP contribution is -2.36. The first-order chi connectivity index (χ1) is 11.6. The van der Waals surface area contributed by atoms with Crippen LogP contribution in [0.3, 0.4) is 0 Å². The van der Waals surface area contributed by atoms with Crippen LogP contribution in [0.25, 0.3) is 0 Å². The van der Waals surface area contributed by atoms with Crippen LogP contribution in [0.5, 0.6) is 0 Å². The van der Waals surface area contributed by atoms with Gasteiger partial charge in [0.25, 0.3) is 0 Å². The van der Waals surface area contributed by atoms with Crippen LogP contribution < -0.4 is 0 Å². The van der Waals surface area contributed by atoms with E-state index in [9.17, 15) is 9.90 Å². The van der Waals surface area contributed by atoms with Gasteiger partial charge >= 0.3 is 0 Å². The molecule has 5 nitrogen and oxygen atoms in total. The molecule has 0 radical (unpaired) electrons. The summed E-state index contributed by atoms with van der Waals surface area (Å²) in [5.41, 5.74) is 0.399. The van der Waals surface area contributed by atoms with Crippen LogP contribution in [-0.4, -0.2) is 38.1 Å². The van der Waals surface area contributed by atoms with E-state index in [1.807, 2.05) is 24.4 Å². The predicted molar refractivity (Wildman–Crippen MR) is 92.3 cm³/mol. The molecule has 0 spiro atoms. The Morgan fingerprint density at radius 3 is 2.71 bits per heavy atom. The highest BCUT2D eigenvalue weighted by molar-refractivity contribution is 5.77. The van der Waals surface area contributed by atoms with Gasteiger partial charge in [0.2, 0.25) is 5.91 Å². The molecule has 24 heavy (non-hydrogen) atoms. The Bertz CT molecular complexity index is 675. The number of hydrogen-bond donors (Lipinski definition) is 1. The second-order valence-electron chi connectivity index (χ2n) is 6.81. The molecule has 128 valence electrons. The fourth-order valence-electron chi connectivity index (χ4n) is 3.34. The Morgan fingerprint density at radius 1 is 1.29 bits per heavy atom. The van der Waals surface area contributed by atoms with Crippen LogP contribution in [0.1, 0.15) is 43.5 Å². The second-order valence-corrected chi connectivity index (χ2v) is 6.81. The standard InChI is InChI=1S/C19H25N3O2/c1-21(18(23)13-19(24)9-5-6-10-19)15-17-20-11-12-22(17)14-16-7-3-2-4-8-16/h2-4,7-8,11-12,24H,5-6,9-10,13-15H2,1H3. The third-order valence-corrected chi connectivity index (χ3v) is 4.82. The number of amides is 1. The van der Waals surface area contributed by atoms with E-state index in [1.54, 1.807) is 18.1 Å². The summed E-state index contributed by atoms with van der Waals surface area (Å²) in [7, 11) is 1.78. The molecule has 3 rings (SSSR count). The number of carbonyl (C=O) groups is 1. The number of aromatic nitrogens is 2. The highest BCUT2D eigenvalue weighted by Crippen LogP contribution is 2.32. The normalized spacial score (nSPS) is 16.2. The fraction of sp³-hybridized carbons (Fsp3) is 0.474. The zero-order chi connectivity index (χ0) is 17.0. The number of nitrogens with zero attached hydrogens (tertiary/aromatic N) is 3. The van der Waals surface area contributed by atoms with Crippen molar-refractivity contribution in [2.45, 2.75) is 50.8 Å². The Kier molecular flexibility index (Phi) is 5.00. The highest BCUT2D eigenvalue weighted by atomic mass is 16.3. The summed E-state index contributed by atoms with van der Waals surface area (Å²) >= 11 is 0. The zero-order valence-electron chi connectivity index (χ0n) is 14.2. The van der Waals surface area contributed by atoms with E-state index >= 15 is 0 Å². The van der Waals surface area contributed by atoms with E-state index < -0.39 is 5.60 Å². The van der Waals surface area contributed by atoms with Gasteiger partial charge in [-0.25, -0.2) is 4.98 Å². The second kappa shape index (κ2) is 7.18. The van der Waals surface area contributed by atoms with E-state index in [-0.39, 0.29) is 12.3 Å². The summed E-state index contributed by atoms with van der Waals surface area (Å²) < 4.78 is 2.06. The molecule has 0 bridgehead atoms. The lowest BCUT2D eigenvalue weighted by atomic mass is 9.97. The molecule has 5 heteroatoms. The molecule has 0 atom stereocenters. The first-order valence-electron chi connectivity index (χ1n) is 8.56. The Balaban J connectivity index is 1.61.